The van der Waals surface area contributed by atoms with E-state index < -0.39 is 0 Å². The molecule has 24 heavy (non-hydrogen) atoms. The summed E-state index contributed by atoms with van der Waals surface area (Å²) in [5.41, 5.74) is 10.5. The topological polar surface area (TPSA) is 119 Å². The van der Waals surface area contributed by atoms with E-state index in [0.717, 1.165) is 17.0 Å². The Morgan fingerprint density at radius 2 is 1.88 bits per heavy atom. The smallest absolute Gasteiger partial charge is 0.201 e. The molecule has 122 valence electrons. The quantitative estimate of drug-likeness (QED) is 0.355. The van der Waals surface area contributed by atoms with Crippen LogP contribution in [0.4, 0.5) is 11.4 Å². The van der Waals surface area contributed by atoms with Crippen LogP contribution in [-0.2, 0) is 6.54 Å². The van der Waals surface area contributed by atoms with Gasteiger partial charge in [0.25, 0.3) is 0 Å². The molecule has 0 aliphatic rings. The van der Waals surface area contributed by atoms with Crippen LogP contribution in [0, 0.1) is 16.7 Å². The molecule has 0 aliphatic heterocycles. The van der Waals surface area contributed by atoms with Crippen LogP contribution in [-0.4, -0.2) is 18.7 Å². The van der Waals surface area contributed by atoms with Gasteiger partial charge >= 0.3 is 0 Å². The number of nitrogens with one attached hydrogen (secondary N) is 3. The van der Waals surface area contributed by atoms with Crippen molar-refractivity contribution < 1.29 is 4.74 Å². The molecule has 0 saturated carbocycles. The first-order valence-electron chi connectivity index (χ1n) is 7.18. The number of benzene rings is 2. The van der Waals surface area contributed by atoms with Crippen molar-refractivity contribution in [2.24, 2.45) is 10.8 Å². The minimum absolute atomic E-state index is 0.167. The third kappa shape index (κ3) is 4.48. The van der Waals surface area contributed by atoms with Crippen molar-refractivity contribution in [3.8, 4) is 11.8 Å². The summed E-state index contributed by atoms with van der Waals surface area (Å²) in [5.74, 6) is 0.428. The van der Waals surface area contributed by atoms with Crippen LogP contribution in [0.25, 0.3) is 0 Å². The van der Waals surface area contributed by atoms with Crippen LogP contribution in [0.2, 0.25) is 0 Å². The zero-order valence-electron chi connectivity index (χ0n) is 13.2. The molecule has 2 aromatic rings. The molecule has 7 nitrogen and oxygen atoms in total. The van der Waals surface area contributed by atoms with Crippen LogP contribution in [0.3, 0.4) is 0 Å². The van der Waals surface area contributed by atoms with Gasteiger partial charge in [0.1, 0.15) is 11.8 Å². The third-order valence-electron chi connectivity index (χ3n) is 3.22. The zero-order chi connectivity index (χ0) is 17.4. The molecule has 7 heteroatoms. The maximum atomic E-state index is 8.87. The number of nitrogens with zero attached hydrogens (tertiary/aromatic N) is 2. The molecule has 0 bridgehead atoms. The molecule has 0 heterocycles. The van der Waals surface area contributed by atoms with Crippen LogP contribution in [0.5, 0.6) is 5.75 Å². The van der Waals surface area contributed by atoms with Crippen molar-refractivity contribution in [1.82, 2.24) is 0 Å². The summed E-state index contributed by atoms with van der Waals surface area (Å²) in [6.45, 7) is 0.615. The molecule has 5 N–H and O–H groups in total. The van der Waals surface area contributed by atoms with E-state index in [2.05, 4.69) is 15.8 Å². The van der Waals surface area contributed by atoms with Gasteiger partial charge in [-0.05, 0) is 29.8 Å². The fourth-order valence-electron chi connectivity index (χ4n) is 1.94. The number of para-hydroxylation sites is 2. The highest BCUT2D eigenvalue weighted by molar-refractivity contribution is 6.45. The number of hydrogen-bond acceptors (Lipinski definition) is 6. The van der Waals surface area contributed by atoms with E-state index in [-0.39, 0.29) is 11.5 Å². The number of ether oxygens (including phenoxy) is 1. The average molecular weight is 322 g/mol. The lowest BCUT2D eigenvalue weighted by Crippen LogP contribution is -2.22. The summed E-state index contributed by atoms with van der Waals surface area (Å²) in [6, 6.07) is 17.0. The first kappa shape index (κ1) is 16.8. The van der Waals surface area contributed by atoms with Gasteiger partial charge < -0.3 is 15.8 Å². The van der Waals surface area contributed by atoms with Crippen molar-refractivity contribution >= 4 is 22.9 Å². The summed E-state index contributed by atoms with van der Waals surface area (Å²) < 4.78 is 5.14. The fraction of sp³-hybridized carbons (Fsp3) is 0.118. The van der Waals surface area contributed by atoms with Gasteiger partial charge in [-0.3, -0.25) is 10.8 Å². The Kier molecular flexibility index (Phi) is 5.75. The summed E-state index contributed by atoms with van der Waals surface area (Å²) in [4.78, 5) is 0. The Morgan fingerprint density at radius 1 is 1.21 bits per heavy atom. The average Bonchev–Trinajstić information content (AvgIpc) is 2.61. The number of anilines is 2. The molecule has 2 rings (SSSR count). The number of methoxy groups -OCH3 is 1. The van der Waals surface area contributed by atoms with E-state index in [4.69, 9.17) is 21.1 Å². The Morgan fingerprint density at radius 3 is 2.46 bits per heavy atom. The Bertz CT molecular complexity index is 776. The summed E-state index contributed by atoms with van der Waals surface area (Å²) >= 11 is 0. The highest BCUT2D eigenvalue weighted by Gasteiger charge is 2.04. The van der Waals surface area contributed by atoms with Crippen LogP contribution in [0.1, 0.15) is 5.56 Å². The maximum absolute atomic E-state index is 8.87. The highest BCUT2D eigenvalue weighted by Crippen LogP contribution is 2.22. The molecule has 0 spiro atoms. The molecule has 2 aromatic carbocycles. The molecule has 0 aromatic heterocycles. The molecule has 0 radical (unpaired) electrons. The molecule has 0 unspecified atom stereocenters. The Hall–Kier alpha value is -3.53. The SMILES string of the molecule is COc1ccc(CNc2ccccc2N/N=C(\C#N)C(=N)N)cc1. The normalized spacial score (nSPS) is 10.6. The first-order chi connectivity index (χ1) is 11.6. The van der Waals surface area contributed by atoms with E-state index in [1.807, 2.05) is 48.5 Å². The molecule has 0 fully saturated rings. The number of nitriles is 1. The lowest BCUT2D eigenvalue weighted by atomic mass is 10.2. The number of amidine groups is 1. The monoisotopic (exact) mass is 322 g/mol. The van der Waals surface area contributed by atoms with Gasteiger partial charge in [-0.2, -0.15) is 10.4 Å². The minimum Gasteiger partial charge on any atom is -0.497 e. The lowest BCUT2D eigenvalue weighted by Gasteiger charge is -2.12. The van der Waals surface area contributed by atoms with Gasteiger partial charge in [0.2, 0.25) is 5.71 Å². The number of hydrazone groups is 1. The predicted molar refractivity (Wildman–Crippen MR) is 95.3 cm³/mol. The molecule has 0 amide bonds. The molecule has 0 aliphatic carbocycles. The van der Waals surface area contributed by atoms with E-state index in [0.29, 0.717) is 12.2 Å². The lowest BCUT2D eigenvalue weighted by molar-refractivity contribution is 0.414. The van der Waals surface area contributed by atoms with Gasteiger partial charge in [-0.15, -0.1) is 0 Å². The minimum atomic E-state index is -0.381. The standard InChI is InChI=1S/C17H18N6O/c1-24-13-8-6-12(7-9-13)11-21-14-4-2-3-5-15(14)22-23-16(10-18)17(19)20/h2-9,21-22H,11H2,1H3,(H3,19,20)/b23-16+. The largest absolute Gasteiger partial charge is 0.497 e. The second kappa shape index (κ2) is 8.19. The van der Waals surface area contributed by atoms with E-state index in [1.165, 1.54) is 0 Å². The number of rotatable bonds is 7. The Labute approximate surface area is 140 Å². The van der Waals surface area contributed by atoms with Gasteiger partial charge in [-0.1, -0.05) is 24.3 Å². The van der Waals surface area contributed by atoms with Crippen molar-refractivity contribution in [1.29, 1.82) is 10.7 Å². The molecule has 0 atom stereocenters. The fourth-order valence-corrected chi connectivity index (χ4v) is 1.94. The second-order valence-electron chi connectivity index (χ2n) is 4.84. The van der Waals surface area contributed by atoms with Crippen LogP contribution >= 0.6 is 0 Å². The maximum Gasteiger partial charge on any atom is 0.201 e. The Balaban J connectivity index is 2.08. The summed E-state index contributed by atoms with van der Waals surface area (Å²) in [6.07, 6.45) is 0. The van der Waals surface area contributed by atoms with E-state index >= 15 is 0 Å². The summed E-state index contributed by atoms with van der Waals surface area (Å²) in [5, 5.41) is 23.3. The van der Waals surface area contributed by atoms with Crippen molar-refractivity contribution in [2.45, 2.75) is 6.54 Å². The second-order valence-corrected chi connectivity index (χ2v) is 4.84. The van der Waals surface area contributed by atoms with Crippen molar-refractivity contribution in [2.75, 3.05) is 17.9 Å². The van der Waals surface area contributed by atoms with E-state index in [9.17, 15) is 0 Å². The number of nitrogens with two attached hydrogens (primary N) is 1. The van der Waals surface area contributed by atoms with Gasteiger partial charge in [-0.25, -0.2) is 0 Å². The molecule has 0 saturated heterocycles. The van der Waals surface area contributed by atoms with Crippen LogP contribution in [0.15, 0.2) is 53.6 Å². The molecular formula is C17H18N6O. The van der Waals surface area contributed by atoms with Gasteiger partial charge in [0.05, 0.1) is 18.5 Å². The van der Waals surface area contributed by atoms with Gasteiger partial charge in [0, 0.05) is 6.54 Å². The third-order valence-corrected chi connectivity index (χ3v) is 3.22. The first-order valence-corrected chi connectivity index (χ1v) is 7.18. The van der Waals surface area contributed by atoms with E-state index in [1.54, 1.807) is 13.2 Å². The number of hydrogen-bond donors (Lipinski definition) is 4. The zero-order valence-corrected chi connectivity index (χ0v) is 13.2. The van der Waals surface area contributed by atoms with Crippen molar-refractivity contribution in [3.05, 3.63) is 54.1 Å². The van der Waals surface area contributed by atoms with Gasteiger partial charge in [0.15, 0.2) is 5.84 Å². The summed E-state index contributed by atoms with van der Waals surface area (Å²) in [7, 11) is 1.63. The van der Waals surface area contributed by atoms with Crippen LogP contribution < -0.4 is 21.2 Å². The van der Waals surface area contributed by atoms with Crippen molar-refractivity contribution in [3.63, 3.8) is 0 Å². The predicted octanol–water partition coefficient (Wildman–Crippen LogP) is 2.53. The molecular weight excluding hydrogens is 304 g/mol. The highest BCUT2D eigenvalue weighted by atomic mass is 16.5.